The number of aromatic nitrogens is 2. The van der Waals surface area contributed by atoms with Crippen molar-refractivity contribution in [2.75, 3.05) is 11.6 Å². The van der Waals surface area contributed by atoms with Gasteiger partial charge in [0, 0.05) is 17.4 Å². The predicted molar refractivity (Wildman–Crippen MR) is 87.2 cm³/mol. The van der Waals surface area contributed by atoms with Gasteiger partial charge in [-0.25, -0.2) is 12.8 Å². The molecule has 3 aromatic rings. The number of amides is 1. The topological polar surface area (TPSA) is 102 Å². The molecule has 0 aliphatic carbocycles. The molecule has 0 radical (unpaired) electrons. The van der Waals surface area contributed by atoms with Crippen molar-refractivity contribution in [1.29, 1.82) is 0 Å². The van der Waals surface area contributed by atoms with Gasteiger partial charge in [-0.05, 0) is 48.5 Å². The molecule has 3 rings (SSSR count). The standard InChI is InChI=1S/C16H12FN3O4S/c1-25(22,23)13-8-4-11(5-9-13)15-19-20-16(24-15)18-14(21)10-2-6-12(17)7-3-10/h2-9H,1H3,(H,18,20,21). The van der Waals surface area contributed by atoms with Crippen molar-refractivity contribution in [2.45, 2.75) is 4.90 Å². The minimum Gasteiger partial charge on any atom is -0.403 e. The molecule has 0 unspecified atom stereocenters. The first-order valence-electron chi connectivity index (χ1n) is 7.04. The molecular weight excluding hydrogens is 349 g/mol. The zero-order chi connectivity index (χ0) is 18.0. The minimum absolute atomic E-state index is 0.120. The van der Waals surface area contributed by atoms with E-state index in [0.29, 0.717) is 5.56 Å². The number of nitrogens with one attached hydrogen (secondary N) is 1. The third-order valence-corrected chi connectivity index (χ3v) is 4.41. The molecule has 0 aliphatic heterocycles. The van der Waals surface area contributed by atoms with Gasteiger partial charge < -0.3 is 4.42 Å². The number of halogens is 1. The van der Waals surface area contributed by atoms with E-state index in [0.717, 1.165) is 18.4 Å². The molecule has 2 aromatic carbocycles. The molecule has 9 heteroatoms. The Morgan fingerprint density at radius 1 is 1.04 bits per heavy atom. The van der Waals surface area contributed by atoms with Crippen LogP contribution in [0.25, 0.3) is 11.5 Å². The van der Waals surface area contributed by atoms with Crippen molar-refractivity contribution < 1.29 is 22.0 Å². The quantitative estimate of drug-likeness (QED) is 0.766. The first-order valence-corrected chi connectivity index (χ1v) is 8.93. The molecule has 0 bridgehead atoms. The third kappa shape index (κ3) is 3.89. The summed E-state index contributed by atoms with van der Waals surface area (Å²) in [5, 5.41) is 9.91. The fourth-order valence-corrected chi connectivity index (χ4v) is 2.64. The third-order valence-electron chi connectivity index (χ3n) is 3.28. The summed E-state index contributed by atoms with van der Waals surface area (Å²) in [6.07, 6.45) is 1.11. The van der Waals surface area contributed by atoms with Crippen molar-refractivity contribution >= 4 is 21.8 Å². The van der Waals surface area contributed by atoms with Crippen LogP contribution in [0.4, 0.5) is 10.4 Å². The van der Waals surface area contributed by atoms with Gasteiger partial charge in [-0.2, -0.15) is 0 Å². The first-order chi connectivity index (χ1) is 11.8. The maximum atomic E-state index is 12.9. The Hall–Kier alpha value is -3.07. The van der Waals surface area contributed by atoms with E-state index in [1.165, 1.54) is 36.4 Å². The molecule has 128 valence electrons. The van der Waals surface area contributed by atoms with E-state index in [4.69, 9.17) is 4.42 Å². The van der Waals surface area contributed by atoms with Crippen LogP contribution in [0.2, 0.25) is 0 Å². The average Bonchev–Trinajstić information content (AvgIpc) is 3.03. The molecule has 0 spiro atoms. The minimum atomic E-state index is -3.30. The molecule has 0 saturated carbocycles. The smallest absolute Gasteiger partial charge is 0.322 e. The van der Waals surface area contributed by atoms with Gasteiger partial charge in [-0.3, -0.25) is 10.1 Å². The number of carbonyl (C=O) groups excluding carboxylic acids is 1. The van der Waals surface area contributed by atoms with Crippen LogP contribution in [-0.4, -0.2) is 30.8 Å². The largest absolute Gasteiger partial charge is 0.403 e. The second-order valence-electron chi connectivity index (χ2n) is 5.17. The number of hydrogen-bond donors (Lipinski definition) is 1. The Morgan fingerprint density at radius 3 is 2.28 bits per heavy atom. The SMILES string of the molecule is CS(=O)(=O)c1ccc(-c2nnc(NC(=O)c3ccc(F)cc3)o2)cc1. The summed E-state index contributed by atoms with van der Waals surface area (Å²) in [5.41, 5.74) is 0.737. The second kappa shape index (κ2) is 6.44. The molecule has 1 heterocycles. The molecule has 1 N–H and O–H groups in total. The Bertz CT molecular complexity index is 1010. The zero-order valence-corrected chi connectivity index (χ0v) is 13.7. The Morgan fingerprint density at radius 2 is 1.68 bits per heavy atom. The van der Waals surface area contributed by atoms with Crippen molar-refractivity contribution in [2.24, 2.45) is 0 Å². The van der Waals surface area contributed by atoms with Crippen molar-refractivity contribution in [3.05, 3.63) is 59.9 Å². The predicted octanol–water partition coefficient (Wildman–Crippen LogP) is 2.53. The lowest BCUT2D eigenvalue weighted by atomic mass is 10.2. The van der Waals surface area contributed by atoms with Crippen LogP contribution >= 0.6 is 0 Å². The number of hydrogen-bond acceptors (Lipinski definition) is 6. The monoisotopic (exact) mass is 361 g/mol. The van der Waals surface area contributed by atoms with Gasteiger partial charge >= 0.3 is 6.01 Å². The highest BCUT2D eigenvalue weighted by atomic mass is 32.2. The molecule has 0 fully saturated rings. The van der Waals surface area contributed by atoms with E-state index in [2.05, 4.69) is 15.5 Å². The fraction of sp³-hybridized carbons (Fsp3) is 0.0625. The van der Waals surface area contributed by atoms with E-state index >= 15 is 0 Å². The summed E-state index contributed by atoms with van der Waals surface area (Å²) in [7, 11) is -3.30. The zero-order valence-electron chi connectivity index (χ0n) is 12.9. The molecule has 25 heavy (non-hydrogen) atoms. The van der Waals surface area contributed by atoms with Crippen LogP contribution in [-0.2, 0) is 9.84 Å². The number of benzene rings is 2. The molecule has 0 saturated heterocycles. The first kappa shape index (κ1) is 16.8. The molecule has 0 atom stereocenters. The Balaban J connectivity index is 1.76. The van der Waals surface area contributed by atoms with Gasteiger partial charge in [-0.1, -0.05) is 5.10 Å². The summed E-state index contributed by atoms with van der Waals surface area (Å²) in [5.74, 6) is -0.855. The van der Waals surface area contributed by atoms with Gasteiger partial charge in [0.2, 0.25) is 5.89 Å². The summed E-state index contributed by atoms with van der Waals surface area (Å²) < 4.78 is 41.1. The van der Waals surface area contributed by atoms with Crippen LogP contribution in [0.3, 0.4) is 0 Å². The van der Waals surface area contributed by atoms with E-state index in [9.17, 15) is 17.6 Å². The van der Waals surface area contributed by atoms with Crippen LogP contribution in [0.5, 0.6) is 0 Å². The van der Waals surface area contributed by atoms with Gasteiger partial charge in [0.1, 0.15) is 5.82 Å². The summed E-state index contributed by atoms with van der Waals surface area (Å²) in [6.45, 7) is 0. The van der Waals surface area contributed by atoms with Gasteiger partial charge in [0.05, 0.1) is 4.90 Å². The highest BCUT2D eigenvalue weighted by molar-refractivity contribution is 7.90. The van der Waals surface area contributed by atoms with Crippen molar-refractivity contribution in [3.63, 3.8) is 0 Å². The number of anilines is 1. The van der Waals surface area contributed by atoms with E-state index in [1.807, 2.05) is 0 Å². The Labute approximate surface area is 142 Å². The van der Waals surface area contributed by atoms with Crippen LogP contribution in [0.1, 0.15) is 10.4 Å². The Kier molecular flexibility index (Phi) is 4.32. The van der Waals surface area contributed by atoms with Gasteiger partial charge in [0.15, 0.2) is 9.84 Å². The van der Waals surface area contributed by atoms with Gasteiger partial charge in [0.25, 0.3) is 5.91 Å². The van der Waals surface area contributed by atoms with Crippen LogP contribution in [0, 0.1) is 5.82 Å². The highest BCUT2D eigenvalue weighted by Crippen LogP contribution is 2.22. The second-order valence-corrected chi connectivity index (χ2v) is 7.19. The average molecular weight is 361 g/mol. The summed E-state index contributed by atoms with van der Waals surface area (Å²) in [4.78, 5) is 12.2. The molecule has 7 nitrogen and oxygen atoms in total. The maximum absolute atomic E-state index is 12.9. The van der Waals surface area contributed by atoms with Crippen molar-refractivity contribution in [3.8, 4) is 11.5 Å². The lowest BCUT2D eigenvalue weighted by molar-refractivity contribution is 0.102. The summed E-state index contributed by atoms with van der Waals surface area (Å²) >= 11 is 0. The van der Waals surface area contributed by atoms with Gasteiger partial charge in [-0.15, -0.1) is 5.10 Å². The number of sulfone groups is 1. The number of nitrogens with zero attached hydrogens (tertiary/aromatic N) is 2. The van der Waals surface area contributed by atoms with E-state index in [1.54, 1.807) is 0 Å². The fourth-order valence-electron chi connectivity index (χ4n) is 2.01. The highest BCUT2D eigenvalue weighted by Gasteiger charge is 2.14. The number of rotatable bonds is 4. The van der Waals surface area contributed by atoms with Crippen LogP contribution < -0.4 is 5.32 Å². The lowest BCUT2D eigenvalue weighted by Crippen LogP contribution is -2.12. The molecule has 1 amide bonds. The lowest BCUT2D eigenvalue weighted by Gasteiger charge is -2.00. The van der Waals surface area contributed by atoms with Crippen LogP contribution in [0.15, 0.2) is 57.8 Å². The summed E-state index contributed by atoms with van der Waals surface area (Å²) in [6, 6.07) is 10.7. The van der Waals surface area contributed by atoms with E-state index in [-0.39, 0.29) is 22.4 Å². The maximum Gasteiger partial charge on any atom is 0.322 e. The van der Waals surface area contributed by atoms with Crippen molar-refractivity contribution in [1.82, 2.24) is 10.2 Å². The molecular formula is C16H12FN3O4S. The molecule has 1 aromatic heterocycles. The van der Waals surface area contributed by atoms with E-state index < -0.39 is 21.6 Å². The number of carbonyl (C=O) groups is 1. The molecule has 0 aliphatic rings. The normalized spacial score (nSPS) is 11.3.